The molecule has 8 aliphatic heterocycles. The highest BCUT2D eigenvalue weighted by molar-refractivity contribution is 5.73. The zero-order chi connectivity index (χ0) is 101. The van der Waals surface area contributed by atoms with Crippen LogP contribution in [0.4, 0.5) is 0 Å². The molecule has 36 atom stereocenters. The summed E-state index contributed by atoms with van der Waals surface area (Å²) in [5.74, 6) is -0.364. The van der Waals surface area contributed by atoms with Crippen molar-refractivity contribution in [3.63, 3.8) is 0 Å². The van der Waals surface area contributed by atoms with Gasteiger partial charge in [-0.05, 0) is 118 Å². The molecule has 0 aromatic rings. The van der Waals surface area contributed by atoms with Crippen molar-refractivity contribution in [1.82, 2.24) is 45.8 Å². The Kier molecular flexibility index (Phi) is 61.4. The third kappa shape index (κ3) is 36.2. The predicted octanol–water partition coefficient (Wildman–Crippen LogP) is -11.2. The van der Waals surface area contributed by atoms with Crippen molar-refractivity contribution in [1.29, 1.82) is 0 Å². The fourth-order valence-corrected chi connectivity index (χ4v) is 14.5. The van der Waals surface area contributed by atoms with Gasteiger partial charge >= 0.3 is 0 Å². The molecule has 8 heterocycles. The molecule has 131 heavy (non-hydrogen) atoms. The van der Waals surface area contributed by atoms with E-state index in [1.807, 2.05) is 111 Å². The Morgan fingerprint density at radius 1 is 0.267 bits per heavy atom. The Bertz CT molecular complexity index is 2730. The SMILES string of the molecule is C.CON(C(C)C)C1OC(C)[C@H](O)[C@H](O)C1O.CON(C(C)C)C1OC(CO)[C@H](O)[C@H](O)C1O.CON(C(C)C)C1OC(CO)[C@H](O)[C@H](O)C1O.CON(C(C)C)C1OC[C@@H](O)[C@H](O)C1O.CON(C(C)C)C1OC[C@H](O)[C@@H](O)C1O.CON(C(C)C)[C@@H]1OC[C@@H](O)[C@H](O)C1O.CON(C(C)C)[C@H]1OC(CO)[C@@H](O)[C@H](O)C1NC(C)=O.CON(C(C)C)[C@H]1OC[C@H](O)[C@H](O)C1O. The quantitative estimate of drug-likeness (QED) is 0.0324. The normalized spacial score (nSPS) is 37.6. The van der Waals surface area contributed by atoms with E-state index in [2.05, 4.69) is 5.32 Å². The minimum absolute atomic E-state index is 0. The number of hydrogen-bond donors (Lipinski definition) is 27. The van der Waals surface area contributed by atoms with Gasteiger partial charge in [0.15, 0.2) is 49.8 Å². The summed E-state index contributed by atoms with van der Waals surface area (Å²) in [6.45, 7) is 31.3. The van der Waals surface area contributed by atoms with Crippen LogP contribution in [0.15, 0.2) is 0 Å². The molecule has 0 radical (unpaired) electrons. The fraction of sp³-hybridized carbons (Fsp3) is 0.987. The first kappa shape index (κ1) is 128. The molecule has 0 saturated carbocycles. The molecule has 27 N–H and O–H groups in total. The van der Waals surface area contributed by atoms with Gasteiger partial charge in [-0.3, -0.25) is 43.5 Å². The van der Waals surface area contributed by atoms with E-state index in [0.29, 0.717) is 0 Å². The van der Waals surface area contributed by atoms with Crippen LogP contribution in [0.5, 0.6) is 0 Å². The third-order valence-electron chi connectivity index (χ3n) is 21.5. The van der Waals surface area contributed by atoms with Crippen molar-refractivity contribution in [2.75, 3.05) is 103 Å². The summed E-state index contributed by atoms with van der Waals surface area (Å²) < 4.78 is 42.6. The Morgan fingerprint density at radius 2 is 0.443 bits per heavy atom. The number of ether oxygens (including phenoxy) is 8. The molecule has 0 bridgehead atoms. The van der Waals surface area contributed by atoms with Crippen molar-refractivity contribution < 1.29 is 214 Å². The van der Waals surface area contributed by atoms with Gasteiger partial charge in [0.25, 0.3) is 0 Å². The molecule has 786 valence electrons. The van der Waals surface area contributed by atoms with E-state index in [-0.39, 0.29) is 88.1 Å². The van der Waals surface area contributed by atoms with Crippen LogP contribution in [0.1, 0.15) is 132 Å². The zero-order valence-corrected chi connectivity index (χ0v) is 79.5. The number of rotatable bonds is 28. The number of hydroxylamine groups is 16. The standard InChI is InChI=1S/C12H24N2O6.2C10H21NO6.C10H21NO5.4C9H19NO5.CH4/c1-6(2)14(19-4)12-9(13-7(3)16)11(18)10(17)8(5-15)20-12;2*1-5(2)11(16-3)10-9(15)8(14)7(13)6(4-12)17-10;1-5(2)11(15-4)10-9(14)8(13)7(12)6(3)16-10;4*1-5(2)10(14-3)9-8(13)7(12)6(11)4-15-9;/h6,8-12,15,17-18H,5H2,1-4H3,(H,13,16);2*5-10,12-15H,4H2,1-3H3;5-10,12-14H,1-4H3;4*5-9,11-13H,4H2,1-3H3;1H4/t8?,9?,10-,11-,12+;3*6?,7-,8-,9?,10?;2*6-,7+,8?,9?;6-,7+,8?,9-;6-,7-,8?,9-;/m10001010./s1. The number of aliphatic hydroxyl groups excluding tert-OH is 26. The Balaban J connectivity index is 0.00000148. The maximum Gasteiger partial charge on any atom is 0.217 e. The lowest BCUT2D eigenvalue weighted by Gasteiger charge is -2.46. The Morgan fingerprint density at radius 3 is 0.641 bits per heavy atom. The highest BCUT2D eigenvalue weighted by Gasteiger charge is 2.53. The summed E-state index contributed by atoms with van der Waals surface area (Å²) in [6.07, 6.45) is -37.8. The molecule has 0 aliphatic carbocycles. The van der Waals surface area contributed by atoms with Gasteiger partial charge in [0.2, 0.25) is 5.91 Å². The predicted molar refractivity (Wildman–Crippen MR) is 455 cm³/mol. The van der Waals surface area contributed by atoms with Crippen LogP contribution >= 0.6 is 0 Å². The highest BCUT2D eigenvalue weighted by atomic mass is 16.8. The minimum atomic E-state index is -1.39. The summed E-state index contributed by atoms with van der Waals surface area (Å²) >= 11 is 0. The number of nitrogens with one attached hydrogen (secondary N) is 1. The van der Waals surface area contributed by atoms with Gasteiger partial charge < -0.3 is 176 Å². The average Bonchev–Trinajstić information content (AvgIpc) is 0.791. The van der Waals surface area contributed by atoms with Crippen LogP contribution < -0.4 is 5.32 Å². The van der Waals surface area contributed by atoms with Crippen molar-refractivity contribution in [3.8, 4) is 0 Å². The van der Waals surface area contributed by atoms with Gasteiger partial charge in [0.1, 0.15) is 159 Å². The van der Waals surface area contributed by atoms with E-state index in [9.17, 15) is 127 Å². The second-order valence-electron chi connectivity index (χ2n) is 33.8. The van der Waals surface area contributed by atoms with Crippen LogP contribution in [-0.4, -0.2) is 551 Å². The molecule has 52 nitrogen and oxygen atoms in total. The van der Waals surface area contributed by atoms with Crippen molar-refractivity contribution in [3.05, 3.63) is 0 Å². The van der Waals surface area contributed by atoms with Gasteiger partial charge in [-0.1, -0.05) is 7.43 Å². The van der Waals surface area contributed by atoms with Gasteiger partial charge in [0, 0.05) is 55.3 Å². The summed E-state index contributed by atoms with van der Waals surface area (Å²) in [6, 6.07) is -1.18. The second-order valence-corrected chi connectivity index (χ2v) is 33.8. The average molecular weight is 1930 g/mol. The number of carbonyl (C=O) groups excluding carboxylic acids is 1. The Labute approximate surface area is 767 Å². The third-order valence-corrected chi connectivity index (χ3v) is 21.5. The molecule has 0 aromatic heterocycles. The fourth-order valence-electron chi connectivity index (χ4n) is 14.5. The highest BCUT2D eigenvalue weighted by Crippen LogP contribution is 2.32. The van der Waals surface area contributed by atoms with E-state index in [1.165, 1.54) is 104 Å². The zero-order valence-electron chi connectivity index (χ0n) is 79.5. The first-order chi connectivity index (χ1) is 60.5. The smallest absolute Gasteiger partial charge is 0.217 e. The second kappa shape index (κ2) is 62.6. The van der Waals surface area contributed by atoms with Crippen LogP contribution in [0.2, 0.25) is 0 Å². The summed E-state index contributed by atoms with van der Waals surface area (Å²) in [5.41, 5.74) is 0. The van der Waals surface area contributed by atoms with Crippen molar-refractivity contribution in [2.45, 2.75) is 401 Å². The number of nitrogens with zero attached hydrogens (tertiary/aromatic N) is 8. The molecule has 8 aliphatic rings. The largest absolute Gasteiger partial charge is 0.394 e. The first-order valence-corrected chi connectivity index (χ1v) is 43.0. The van der Waals surface area contributed by atoms with E-state index in [1.54, 1.807) is 6.92 Å². The lowest BCUT2D eigenvalue weighted by Crippen LogP contribution is -2.68. The van der Waals surface area contributed by atoms with Gasteiger partial charge in [-0.25, -0.2) is 0 Å². The van der Waals surface area contributed by atoms with E-state index in [4.69, 9.17) is 86.8 Å². The topological polar surface area (TPSA) is 729 Å². The molecule has 8 saturated heterocycles. The lowest BCUT2D eigenvalue weighted by molar-refractivity contribution is -0.336. The van der Waals surface area contributed by atoms with Crippen molar-refractivity contribution in [2.24, 2.45) is 0 Å². The van der Waals surface area contributed by atoms with Gasteiger partial charge in [-0.15, -0.1) is 0 Å². The molecule has 8 rings (SSSR count). The molecular weight excluding hydrogens is 1760 g/mol. The summed E-state index contributed by atoms with van der Waals surface area (Å²) in [5, 5.41) is 262. The summed E-state index contributed by atoms with van der Waals surface area (Å²) in [7, 11) is 11.6. The number of amides is 1. The first-order valence-electron chi connectivity index (χ1n) is 43.0. The molecule has 1 amide bonds. The molecule has 8 fully saturated rings. The van der Waals surface area contributed by atoms with Crippen molar-refractivity contribution >= 4 is 5.91 Å². The van der Waals surface area contributed by atoms with Crippen LogP contribution in [0.25, 0.3) is 0 Å². The Hall–Kier alpha value is -2.53. The molecule has 52 heteroatoms. The maximum atomic E-state index is 11.3. The van der Waals surface area contributed by atoms with Gasteiger partial charge in [-0.2, -0.15) is 40.5 Å². The number of aliphatic hydroxyl groups is 26. The molecule has 17 unspecified atom stereocenters. The maximum absolute atomic E-state index is 11.3. The molecule has 0 spiro atoms. The lowest BCUT2D eigenvalue weighted by atomic mass is 9.95. The molecule has 0 aromatic carbocycles. The van der Waals surface area contributed by atoms with E-state index < -0.39 is 240 Å². The minimum Gasteiger partial charge on any atom is -0.394 e. The van der Waals surface area contributed by atoms with Crippen LogP contribution in [-0.2, 0) is 81.4 Å². The molecular formula is C79H167N9O43. The van der Waals surface area contributed by atoms with Crippen LogP contribution in [0.3, 0.4) is 0 Å². The summed E-state index contributed by atoms with van der Waals surface area (Å²) in [4.78, 5) is 52.0. The van der Waals surface area contributed by atoms with Gasteiger partial charge in [0.05, 0.1) is 115 Å². The number of hydrogen-bond acceptors (Lipinski definition) is 51. The van der Waals surface area contributed by atoms with E-state index in [0.717, 1.165) is 0 Å². The van der Waals surface area contributed by atoms with Crippen LogP contribution in [0, 0.1) is 0 Å². The number of carbonyl (C=O) groups is 1. The van der Waals surface area contributed by atoms with E-state index >= 15 is 0 Å². The monoisotopic (exact) mass is 1930 g/mol.